The van der Waals surface area contributed by atoms with Crippen LogP contribution in [0.2, 0.25) is 0 Å². The molecule has 2 saturated heterocycles. The molecule has 0 radical (unpaired) electrons. The zero-order chi connectivity index (χ0) is 25.7. The monoisotopic (exact) mass is 507 g/mol. The Morgan fingerprint density at radius 1 is 1.05 bits per heavy atom. The summed E-state index contributed by atoms with van der Waals surface area (Å²) in [5, 5.41) is 16.3. The number of likely N-dealkylation sites (tertiary alicyclic amines) is 1. The van der Waals surface area contributed by atoms with E-state index in [0.717, 1.165) is 38.8 Å². The maximum Gasteiger partial charge on any atom is 0.318 e. The van der Waals surface area contributed by atoms with Crippen molar-refractivity contribution in [3.8, 4) is 6.07 Å². The number of carbonyl (C=O) groups excluding carboxylic acids is 2. The van der Waals surface area contributed by atoms with Crippen LogP contribution in [-0.4, -0.2) is 79.3 Å². The topological polar surface area (TPSA) is 97.7 Å². The molecule has 2 atom stereocenters. The molecular formula is C29H41N5O3. The van der Waals surface area contributed by atoms with Gasteiger partial charge in [-0.05, 0) is 48.6 Å². The van der Waals surface area contributed by atoms with Crippen molar-refractivity contribution in [2.24, 2.45) is 11.8 Å². The van der Waals surface area contributed by atoms with Crippen LogP contribution in [0.15, 0.2) is 24.3 Å². The first-order chi connectivity index (χ1) is 18.0. The zero-order valence-corrected chi connectivity index (χ0v) is 21.9. The fourth-order valence-corrected chi connectivity index (χ4v) is 6.73. The van der Waals surface area contributed by atoms with Gasteiger partial charge in [0.1, 0.15) is 11.6 Å². The largest absolute Gasteiger partial charge is 0.378 e. The number of hydrogen-bond donors (Lipinski definition) is 2. The second-order valence-corrected chi connectivity index (χ2v) is 11.6. The number of morpholine rings is 1. The first-order valence-corrected chi connectivity index (χ1v) is 14.2. The second-order valence-electron chi connectivity index (χ2n) is 11.6. The predicted octanol–water partition coefficient (Wildman–Crippen LogP) is 2.87. The Bertz CT molecular complexity index is 973. The van der Waals surface area contributed by atoms with Gasteiger partial charge in [-0.1, -0.05) is 56.4 Å². The van der Waals surface area contributed by atoms with Crippen molar-refractivity contribution < 1.29 is 14.3 Å². The number of carbonyl (C=O) groups is 2. The molecule has 8 nitrogen and oxygen atoms in total. The molecule has 0 bridgehead atoms. The third-order valence-electron chi connectivity index (χ3n) is 8.78. The summed E-state index contributed by atoms with van der Waals surface area (Å²) in [4.78, 5) is 30.7. The number of nitriles is 1. The lowest BCUT2D eigenvalue weighted by atomic mass is 9.84. The van der Waals surface area contributed by atoms with E-state index in [9.17, 15) is 14.9 Å². The standard InChI is InChI=1S/C29H41N5O3/c30-20-29(10-11-33(21-29)19-23-16-24-8-4-5-9-25(24)17-23)32-27(35)26(18-22-6-2-1-3-7-22)31-28(36)34-12-14-37-15-13-34/h4-5,8-9,22-23,26H,1-3,6-7,10-19,21H2,(H,31,36)(H,32,35). The van der Waals surface area contributed by atoms with Gasteiger partial charge in [-0.2, -0.15) is 5.26 Å². The lowest BCUT2D eigenvalue weighted by molar-refractivity contribution is -0.124. The molecule has 3 fully saturated rings. The molecule has 1 aromatic carbocycles. The van der Waals surface area contributed by atoms with E-state index in [0.29, 0.717) is 57.5 Å². The van der Waals surface area contributed by atoms with E-state index in [4.69, 9.17) is 4.74 Å². The fraction of sp³-hybridized carbons (Fsp3) is 0.690. The predicted molar refractivity (Wildman–Crippen MR) is 141 cm³/mol. The van der Waals surface area contributed by atoms with Gasteiger partial charge in [0.05, 0.1) is 19.3 Å². The maximum atomic E-state index is 13.6. The smallest absolute Gasteiger partial charge is 0.318 e. The normalized spacial score (nSPS) is 25.9. The van der Waals surface area contributed by atoms with Crippen LogP contribution in [0, 0.1) is 23.2 Å². The highest BCUT2D eigenvalue weighted by Crippen LogP contribution is 2.31. The molecule has 0 aromatic heterocycles. The minimum atomic E-state index is -0.906. The Balaban J connectivity index is 1.20. The van der Waals surface area contributed by atoms with Crippen molar-refractivity contribution in [1.29, 1.82) is 5.26 Å². The molecular weight excluding hydrogens is 466 g/mol. The van der Waals surface area contributed by atoms with E-state index in [1.165, 1.54) is 30.4 Å². The summed E-state index contributed by atoms with van der Waals surface area (Å²) in [5.41, 5.74) is 1.97. The molecule has 0 spiro atoms. The summed E-state index contributed by atoms with van der Waals surface area (Å²) in [6.07, 6.45) is 9.20. The number of amides is 3. The van der Waals surface area contributed by atoms with Gasteiger partial charge in [0.2, 0.25) is 5.91 Å². The van der Waals surface area contributed by atoms with Gasteiger partial charge in [0.25, 0.3) is 0 Å². The van der Waals surface area contributed by atoms with Crippen molar-refractivity contribution in [3.05, 3.63) is 35.4 Å². The molecule has 1 aromatic rings. The minimum Gasteiger partial charge on any atom is -0.378 e. The van der Waals surface area contributed by atoms with Crippen LogP contribution < -0.4 is 10.6 Å². The van der Waals surface area contributed by atoms with Gasteiger partial charge in [-0.15, -0.1) is 0 Å². The molecule has 8 heteroatoms. The first kappa shape index (κ1) is 26.0. The number of nitrogens with one attached hydrogen (secondary N) is 2. The van der Waals surface area contributed by atoms with Gasteiger partial charge in [-0.25, -0.2) is 4.79 Å². The summed E-state index contributed by atoms with van der Waals surface area (Å²) in [7, 11) is 0. The Labute approximate surface area is 220 Å². The van der Waals surface area contributed by atoms with Crippen LogP contribution in [0.1, 0.15) is 56.1 Å². The van der Waals surface area contributed by atoms with Gasteiger partial charge < -0.3 is 20.3 Å². The second kappa shape index (κ2) is 11.8. The Morgan fingerprint density at radius 3 is 2.43 bits per heavy atom. The quantitative estimate of drug-likeness (QED) is 0.592. The highest BCUT2D eigenvalue weighted by molar-refractivity contribution is 5.88. The summed E-state index contributed by atoms with van der Waals surface area (Å²) in [6, 6.07) is 10.3. The third kappa shape index (κ3) is 6.45. The molecule has 2 N–H and O–H groups in total. The van der Waals surface area contributed by atoms with Gasteiger partial charge in [-0.3, -0.25) is 9.69 Å². The van der Waals surface area contributed by atoms with Gasteiger partial charge >= 0.3 is 6.03 Å². The zero-order valence-electron chi connectivity index (χ0n) is 21.9. The van der Waals surface area contributed by atoms with Crippen LogP contribution in [0.25, 0.3) is 0 Å². The maximum absolute atomic E-state index is 13.6. The highest BCUT2D eigenvalue weighted by atomic mass is 16.5. The lowest BCUT2D eigenvalue weighted by Gasteiger charge is -2.32. The molecule has 1 saturated carbocycles. The number of ether oxygens (including phenoxy) is 1. The van der Waals surface area contributed by atoms with Crippen molar-refractivity contribution in [2.75, 3.05) is 45.9 Å². The van der Waals surface area contributed by atoms with E-state index in [1.807, 2.05) is 0 Å². The number of nitrogens with zero attached hydrogens (tertiary/aromatic N) is 3. The SMILES string of the molecule is N#CC1(NC(=O)C(CC2CCCCC2)NC(=O)N2CCOCC2)CCN(CC2Cc3ccccc3C2)C1. The summed E-state index contributed by atoms with van der Waals surface area (Å²) in [6.45, 7) is 4.38. The molecule has 3 amide bonds. The van der Waals surface area contributed by atoms with E-state index in [2.05, 4.69) is 45.9 Å². The third-order valence-corrected chi connectivity index (χ3v) is 8.78. The molecule has 5 rings (SSSR count). The number of rotatable bonds is 7. The summed E-state index contributed by atoms with van der Waals surface area (Å²) < 4.78 is 5.37. The molecule has 2 aliphatic heterocycles. The van der Waals surface area contributed by atoms with Crippen molar-refractivity contribution in [2.45, 2.75) is 69.4 Å². The Kier molecular flexibility index (Phi) is 8.31. The van der Waals surface area contributed by atoms with E-state index < -0.39 is 11.6 Å². The molecule has 37 heavy (non-hydrogen) atoms. The van der Waals surface area contributed by atoms with Gasteiger partial charge in [0.15, 0.2) is 0 Å². The molecule has 2 unspecified atom stereocenters. The number of urea groups is 1. The highest BCUT2D eigenvalue weighted by Gasteiger charge is 2.42. The Hall–Kier alpha value is -2.63. The average molecular weight is 508 g/mol. The minimum absolute atomic E-state index is 0.209. The molecule has 4 aliphatic rings. The van der Waals surface area contributed by atoms with E-state index in [1.54, 1.807) is 4.90 Å². The molecule has 200 valence electrons. The molecule has 2 heterocycles. The van der Waals surface area contributed by atoms with Crippen molar-refractivity contribution in [1.82, 2.24) is 20.4 Å². The van der Waals surface area contributed by atoms with Crippen molar-refractivity contribution >= 4 is 11.9 Å². The molecule has 2 aliphatic carbocycles. The Morgan fingerprint density at radius 2 is 1.76 bits per heavy atom. The van der Waals surface area contributed by atoms with Crippen LogP contribution in [-0.2, 0) is 22.4 Å². The van der Waals surface area contributed by atoms with Crippen LogP contribution in [0.3, 0.4) is 0 Å². The fourth-order valence-electron chi connectivity index (χ4n) is 6.73. The lowest BCUT2D eigenvalue weighted by Crippen LogP contribution is -2.58. The first-order valence-electron chi connectivity index (χ1n) is 14.2. The van der Waals surface area contributed by atoms with Gasteiger partial charge in [0, 0.05) is 32.7 Å². The average Bonchev–Trinajstić information content (AvgIpc) is 3.53. The number of hydrogen-bond acceptors (Lipinski definition) is 5. The van der Waals surface area contributed by atoms with E-state index in [-0.39, 0.29) is 11.9 Å². The number of fused-ring (bicyclic) bond motifs is 1. The van der Waals surface area contributed by atoms with Crippen LogP contribution >= 0.6 is 0 Å². The van der Waals surface area contributed by atoms with Crippen LogP contribution in [0.5, 0.6) is 0 Å². The summed E-state index contributed by atoms with van der Waals surface area (Å²) >= 11 is 0. The van der Waals surface area contributed by atoms with E-state index >= 15 is 0 Å². The van der Waals surface area contributed by atoms with Crippen LogP contribution in [0.4, 0.5) is 4.79 Å². The van der Waals surface area contributed by atoms with Crippen molar-refractivity contribution in [3.63, 3.8) is 0 Å². The summed E-state index contributed by atoms with van der Waals surface area (Å²) in [5.74, 6) is 0.759. The number of benzene rings is 1.